The SMILES string of the molecule is CC1(C)OB(c2ccc(NC(=O)C(F)(F)F)nc2)OC1(C)C.Nc1ccc(I)cn1.O=C(Nc1ccc(I)cn1)C(F)(F)F.PP(P)P(P)P(P)P.PPP(P)P(P)P. The number of nitrogens with zero attached hydrogens (tertiary/aromatic N) is 3. The number of nitrogen functional groups attached to an aromatic ring is 1. The maximum absolute atomic E-state index is 12.2. The van der Waals surface area contributed by atoms with Gasteiger partial charge < -0.3 is 25.7 Å². The molecule has 0 aliphatic carbocycles. The van der Waals surface area contributed by atoms with Gasteiger partial charge in [0.05, 0.1) is 11.2 Å². The number of amides is 2. The van der Waals surface area contributed by atoms with Gasteiger partial charge in [0, 0.05) is 31.2 Å². The molecule has 0 radical (unpaired) electrons. The predicted molar refractivity (Wildman–Crippen MR) is 298 cm³/mol. The zero-order chi connectivity index (χ0) is 46.1. The largest absolute Gasteiger partial charge is 0.496 e. The molecule has 11 unspecified atom stereocenters. The van der Waals surface area contributed by atoms with E-state index < -0.39 is 42.5 Å². The summed E-state index contributed by atoms with van der Waals surface area (Å²) in [6.45, 7) is 8.49. The summed E-state index contributed by atoms with van der Waals surface area (Å²) in [6.07, 6.45) is -5.44. The second-order valence-electron chi connectivity index (χ2n) is 11.7. The van der Waals surface area contributed by atoms with E-state index >= 15 is 0 Å². The molecule has 1 fully saturated rings. The van der Waals surface area contributed by atoms with Gasteiger partial charge in [-0.15, -0.1) is 80.4 Å². The second-order valence-corrected chi connectivity index (χ2v) is 64.4. The molecule has 11 atom stereocenters. The summed E-state index contributed by atoms with van der Waals surface area (Å²) in [4.78, 5) is 32.5. The molecular formula is C25H44BF6I2N6O4P15. The van der Waals surface area contributed by atoms with E-state index in [1.807, 2.05) is 56.4 Å². The molecule has 1 aliphatic rings. The number of alkyl halides is 6. The normalized spacial score (nSPS) is 15.0. The van der Waals surface area contributed by atoms with Crippen molar-refractivity contribution in [3.63, 3.8) is 0 Å². The number of hydrogen-bond donors (Lipinski definition) is 3. The van der Waals surface area contributed by atoms with Crippen molar-refractivity contribution in [1.29, 1.82) is 0 Å². The van der Waals surface area contributed by atoms with Gasteiger partial charge in [0.15, 0.2) is 0 Å². The van der Waals surface area contributed by atoms with Crippen LogP contribution >= 0.6 is 168 Å². The summed E-state index contributed by atoms with van der Waals surface area (Å²) in [5, 5.41) is 3.31. The quantitative estimate of drug-likeness (QED) is 0.0919. The van der Waals surface area contributed by atoms with Gasteiger partial charge in [0.2, 0.25) is 0 Å². The van der Waals surface area contributed by atoms with Crippen LogP contribution in [0.5, 0.6) is 0 Å². The number of rotatable bonds is 7. The summed E-state index contributed by atoms with van der Waals surface area (Å²) in [5.74, 6) is -3.82. The number of nitrogens with two attached hydrogens (primary N) is 1. The number of nitrogens with one attached hydrogen (secondary N) is 2. The molecule has 3 aromatic heterocycles. The maximum atomic E-state index is 12.2. The Morgan fingerprint density at radius 1 is 0.695 bits per heavy atom. The van der Waals surface area contributed by atoms with Gasteiger partial charge in [-0.2, -0.15) is 26.3 Å². The topological polar surface area (TPSA) is 141 Å². The number of pyridine rings is 3. The molecule has 0 saturated carbocycles. The first kappa shape index (κ1) is 62.7. The Bertz CT molecular complexity index is 1670. The number of carbonyl (C=O) groups is 2. The third-order valence-corrected chi connectivity index (χ3v) is 76.3. The van der Waals surface area contributed by atoms with Crippen LogP contribution in [0.25, 0.3) is 0 Å². The third-order valence-electron chi connectivity index (χ3n) is 6.64. The predicted octanol–water partition coefficient (Wildman–Crippen LogP) is 13.2. The Morgan fingerprint density at radius 2 is 1.08 bits per heavy atom. The van der Waals surface area contributed by atoms with Crippen molar-refractivity contribution in [2.75, 3.05) is 16.4 Å². The van der Waals surface area contributed by atoms with Gasteiger partial charge in [-0.1, -0.05) is 14.0 Å². The number of aromatic nitrogens is 3. The lowest BCUT2D eigenvalue weighted by molar-refractivity contribution is -0.167. The van der Waals surface area contributed by atoms with Crippen LogP contribution in [0.15, 0.2) is 55.0 Å². The fourth-order valence-corrected chi connectivity index (χ4v) is 48.6. The molecule has 0 bridgehead atoms. The van der Waals surface area contributed by atoms with Gasteiger partial charge in [-0.3, -0.25) is 9.59 Å². The fraction of sp³-hybridized carbons (Fsp3) is 0.320. The van der Waals surface area contributed by atoms with Crippen LogP contribution in [-0.2, 0) is 18.9 Å². The number of halogens is 8. The Balaban J connectivity index is 0.000000778. The van der Waals surface area contributed by atoms with Gasteiger partial charge in [0.25, 0.3) is 0 Å². The summed E-state index contributed by atoms with van der Waals surface area (Å²) < 4.78 is 85.2. The third kappa shape index (κ3) is 26.7. The molecule has 1 saturated heterocycles. The van der Waals surface area contributed by atoms with Gasteiger partial charge in [-0.05, 0) is 138 Å². The highest BCUT2D eigenvalue weighted by molar-refractivity contribution is 14.1. The lowest BCUT2D eigenvalue weighted by Crippen LogP contribution is -2.41. The highest BCUT2D eigenvalue weighted by atomic mass is 127. The zero-order valence-corrected chi connectivity index (χ0v) is 51.5. The molecule has 2 amide bonds. The molecule has 332 valence electrons. The van der Waals surface area contributed by atoms with Gasteiger partial charge in [0.1, 0.15) is 17.5 Å². The lowest BCUT2D eigenvalue weighted by Gasteiger charge is -2.32. The first-order valence-electron chi connectivity index (χ1n) is 15.3. The van der Waals surface area contributed by atoms with E-state index in [4.69, 9.17) is 15.0 Å². The molecule has 10 nitrogen and oxygen atoms in total. The van der Waals surface area contributed by atoms with Gasteiger partial charge in [-0.25, -0.2) is 15.0 Å². The molecule has 3 aromatic rings. The van der Waals surface area contributed by atoms with E-state index in [1.165, 1.54) is 30.6 Å². The molecule has 59 heavy (non-hydrogen) atoms. The van der Waals surface area contributed by atoms with Crippen LogP contribution in [0.4, 0.5) is 43.8 Å². The first-order valence-corrected chi connectivity index (χ1v) is 42.9. The van der Waals surface area contributed by atoms with Crippen molar-refractivity contribution < 1.29 is 45.2 Å². The molecule has 1 aliphatic heterocycles. The Morgan fingerprint density at radius 3 is 1.32 bits per heavy atom. The minimum atomic E-state index is -4.95. The fourth-order valence-electron chi connectivity index (χ4n) is 3.00. The van der Waals surface area contributed by atoms with Crippen molar-refractivity contribution in [3.8, 4) is 0 Å². The zero-order valence-electron chi connectivity index (χ0n) is 31.3. The maximum Gasteiger partial charge on any atom is 0.496 e. The lowest BCUT2D eigenvalue weighted by atomic mass is 9.80. The van der Waals surface area contributed by atoms with Crippen LogP contribution in [0.1, 0.15) is 27.7 Å². The van der Waals surface area contributed by atoms with Crippen molar-refractivity contribution >= 4 is 210 Å². The van der Waals surface area contributed by atoms with Crippen LogP contribution in [0.2, 0.25) is 0 Å². The highest BCUT2D eigenvalue weighted by Gasteiger charge is 2.52. The number of anilines is 3. The van der Waals surface area contributed by atoms with Crippen LogP contribution < -0.4 is 21.8 Å². The molecular weight excluding hydrogens is 1290 g/mol. The van der Waals surface area contributed by atoms with Crippen molar-refractivity contribution in [1.82, 2.24) is 15.0 Å². The summed E-state index contributed by atoms with van der Waals surface area (Å²) in [7, 11) is 26.2. The van der Waals surface area contributed by atoms with E-state index in [1.54, 1.807) is 29.0 Å². The van der Waals surface area contributed by atoms with Crippen molar-refractivity contribution in [3.05, 3.63) is 62.1 Å². The van der Waals surface area contributed by atoms with E-state index in [0.29, 0.717) is 11.3 Å². The minimum absolute atomic E-state index is 0.118. The van der Waals surface area contributed by atoms with E-state index in [2.05, 4.69) is 118 Å². The van der Waals surface area contributed by atoms with E-state index in [-0.39, 0.29) is 46.6 Å². The smallest absolute Gasteiger partial charge is 0.399 e. The summed E-state index contributed by atoms with van der Waals surface area (Å²) >= 11 is 4.13. The first-order chi connectivity index (χ1) is 26.8. The monoisotopic (exact) mass is 1340 g/mol. The standard InChI is InChI=1S/C13H16BF3N2O3.C7H4F3IN2O.C5H5IN2.H10P8.H9P7/c1-11(2)12(3,4)22-14(21-11)8-5-6-9(18-7-8)19-10(20)13(15,16)17;8-7(9,10)6(14)13-5-2-1-4(11)3-12-5;6-4-1-2-5(7)8-3-4;1-6(2)8(5)7(3)4;1-5-7(4)6(2)3/h5-7H,1-4H3,(H,18,19,20);1-3H,(H,12,13,14);1-3H,(H2,7,8);1-5H2;5H,1-4H2. The highest BCUT2D eigenvalue weighted by Crippen LogP contribution is 3.00. The van der Waals surface area contributed by atoms with Crippen molar-refractivity contribution in [2.24, 2.45) is 0 Å². The van der Waals surface area contributed by atoms with Crippen LogP contribution in [0.3, 0.4) is 0 Å². The second kappa shape index (κ2) is 30.2. The van der Waals surface area contributed by atoms with Crippen LogP contribution in [-0.4, -0.2) is 57.4 Å². The average Bonchev–Trinajstić information content (AvgIpc) is 3.35. The molecule has 4 rings (SSSR count). The van der Waals surface area contributed by atoms with E-state index in [9.17, 15) is 35.9 Å². The van der Waals surface area contributed by atoms with Crippen molar-refractivity contribution in [2.45, 2.75) is 51.2 Å². The molecule has 34 heteroatoms. The van der Waals surface area contributed by atoms with E-state index in [0.717, 1.165) is 15.1 Å². The minimum Gasteiger partial charge on any atom is -0.399 e. The average molecular weight is 1340 g/mol. The number of hydrogen-bond acceptors (Lipinski definition) is 8. The Hall–Kier alpha value is 3.66. The van der Waals surface area contributed by atoms with Gasteiger partial charge >= 0.3 is 31.3 Å². The van der Waals surface area contributed by atoms with Crippen LogP contribution in [0, 0.1) is 7.14 Å². The number of carbonyl (C=O) groups excluding carboxylic acids is 2. The molecule has 0 aromatic carbocycles. The Labute approximate surface area is 396 Å². The Kier molecular flexibility index (Phi) is 32.1. The summed E-state index contributed by atoms with van der Waals surface area (Å²) in [5.41, 5.74) is 4.82. The summed E-state index contributed by atoms with van der Waals surface area (Å²) in [6, 6.07) is 9.31. The molecule has 4 heterocycles. The molecule has 4 N–H and O–H groups in total. The molecule has 0 spiro atoms.